The fourth-order valence-electron chi connectivity index (χ4n) is 3.43. The molecule has 0 unspecified atom stereocenters. The van der Waals surface area contributed by atoms with Crippen LogP contribution in [0.15, 0.2) is 16.8 Å². The van der Waals surface area contributed by atoms with Crippen LogP contribution in [0.3, 0.4) is 0 Å². The van der Waals surface area contributed by atoms with E-state index >= 15 is 0 Å². The van der Waals surface area contributed by atoms with E-state index in [1.165, 1.54) is 16.8 Å². The molecule has 0 aromatic carbocycles. The smallest absolute Gasteiger partial charge is 0.223 e. The molecule has 1 atom stereocenters. The monoisotopic (exact) mass is 317 g/mol. The van der Waals surface area contributed by atoms with Gasteiger partial charge in [0.2, 0.25) is 5.91 Å². The van der Waals surface area contributed by atoms with Crippen LogP contribution >= 0.6 is 11.3 Å². The number of carbonyl (C=O) groups is 1. The molecule has 118 valence electrons. The standard InChI is InChI=1S/C17H23N3OS/c1-12-15(13(2)19(3)18-12)6-7-17(21)20-9-4-5-16(20)14-8-10-22-11-14/h8,10-11,16H,4-7,9H2,1-3H3/t16-/m0/s1. The van der Waals surface area contributed by atoms with Crippen molar-refractivity contribution in [1.29, 1.82) is 0 Å². The Bertz CT molecular complexity index is 660. The van der Waals surface area contributed by atoms with Gasteiger partial charge in [-0.05, 0) is 61.1 Å². The van der Waals surface area contributed by atoms with Gasteiger partial charge in [-0.15, -0.1) is 0 Å². The first-order valence-electron chi connectivity index (χ1n) is 7.88. The molecule has 1 amide bonds. The highest BCUT2D eigenvalue weighted by atomic mass is 32.1. The average molecular weight is 317 g/mol. The van der Waals surface area contributed by atoms with Gasteiger partial charge in [0.15, 0.2) is 0 Å². The van der Waals surface area contributed by atoms with Crippen LogP contribution in [0, 0.1) is 13.8 Å². The van der Waals surface area contributed by atoms with E-state index in [0.29, 0.717) is 6.42 Å². The zero-order chi connectivity index (χ0) is 15.7. The second kappa shape index (κ2) is 6.24. The number of aryl methyl sites for hydroxylation is 2. The van der Waals surface area contributed by atoms with Crippen LogP contribution in [-0.4, -0.2) is 27.1 Å². The lowest BCUT2D eigenvalue weighted by molar-refractivity contribution is -0.132. The Balaban J connectivity index is 1.67. The van der Waals surface area contributed by atoms with E-state index in [-0.39, 0.29) is 11.9 Å². The van der Waals surface area contributed by atoms with E-state index < -0.39 is 0 Å². The Morgan fingerprint density at radius 2 is 2.27 bits per heavy atom. The zero-order valence-electron chi connectivity index (χ0n) is 13.5. The van der Waals surface area contributed by atoms with Crippen molar-refractivity contribution in [3.63, 3.8) is 0 Å². The van der Waals surface area contributed by atoms with Gasteiger partial charge in [-0.2, -0.15) is 16.4 Å². The summed E-state index contributed by atoms with van der Waals surface area (Å²) in [6.45, 7) is 4.99. The molecule has 1 aliphatic rings. The predicted octanol–water partition coefficient (Wildman–Crippen LogP) is 3.39. The lowest BCUT2D eigenvalue weighted by Gasteiger charge is -2.24. The molecule has 0 bridgehead atoms. The highest BCUT2D eigenvalue weighted by Gasteiger charge is 2.29. The molecule has 2 aromatic rings. The Morgan fingerprint density at radius 3 is 2.91 bits per heavy atom. The largest absolute Gasteiger partial charge is 0.336 e. The molecule has 22 heavy (non-hydrogen) atoms. The highest BCUT2D eigenvalue weighted by Crippen LogP contribution is 2.33. The molecular formula is C17H23N3OS. The van der Waals surface area contributed by atoms with Crippen LogP contribution in [0.1, 0.15) is 47.8 Å². The molecule has 1 fully saturated rings. The van der Waals surface area contributed by atoms with Crippen molar-refractivity contribution in [2.45, 2.75) is 45.6 Å². The van der Waals surface area contributed by atoms with E-state index in [4.69, 9.17) is 0 Å². The fourth-order valence-corrected chi connectivity index (χ4v) is 4.14. The first-order valence-corrected chi connectivity index (χ1v) is 8.83. The Labute approximate surface area is 135 Å². The lowest BCUT2D eigenvalue weighted by Crippen LogP contribution is -2.30. The fraction of sp³-hybridized carbons (Fsp3) is 0.529. The second-order valence-corrected chi connectivity index (χ2v) is 6.85. The Morgan fingerprint density at radius 1 is 1.45 bits per heavy atom. The van der Waals surface area contributed by atoms with E-state index in [9.17, 15) is 4.79 Å². The van der Waals surface area contributed by atoms with Gasteiger partial charge in [-0.25, -0.2) is 0 Å². The van der Waals surface area contributed by atoms with Crippen LogP contribution in [0.25, 0.3) is 0 Å². The second-order valence-electron chi connectivity index (χ2n) is 6.07. The van der Waals surface area contributed by atoms with Gasteiger partial charge < -0.3 is 4.90 Å². The minimum Gasteiger partial charge on any atom is -0.336 e. The molecule has 2 aromatic heterocycles. The number of nitrogens with zero attached hydrogens (tertiary/aromatic N) is 3. The maximum atomic E-state index is 12.7. The number of rotatable bonds is 4. The first kappa shape index (κ1) is 15.3. The SMILES string of the molecule is Cc1nn(C)c(C)c1CCC(=O)N1CCC[C@H]1c1ccsc1. The van der Waals surface area contributed by atoms with Gasteiger partial charge in [0, 0.05) is 25.7 Å². The summed E-state index contributed by atoms with van der Waals surface area (Å²) in [7, 11) is 1.96. The van der Waals surface area contributed by atoms with E-state index in [1.807, 2.05) is 18.7 Å². The number of amides is 1. The molecule has 0 N–H and O–H groups in total. The van der Waals surface area contributed by atoms with Crippen molar-refractivity contribution < 1.29 is 4.79 Å². The first-order chi connectivity index (χ1) is 10.6. The summed E-state index contributed by atoms with van der Waals surface area (Å²) in [5.41, 5.74) is 4.73. The van der Waals surface area contributed by atoms with Crippen LogP contribution in [0.4, 0.5) is 0 Å². The van der Waals surface area contributed by atoms with Crippen molar-refractivity contribution in [3.8, 4) is 0 Å². The minimum atomic E-state index is 0.274. The average Bonchev–Trinajstić information content (AvgIpc) is 3.20. The van der Waals surface area contributed by atoms with Gasteiger partial charge in [-0.1, -0.05) is 0 Å². The molecule has 1 saturated heterocycles. The van der Waals surface area contributed by atoms with Crippen molar-refractivity contribution in [2.24, 2.45) is 7.05 Å². The Hall–Kier alpha value is -1.62. The molecular weight excluding hydrogens is 294 g/mol. The maximum absolute atomic E-state index is 12.7. The summed E-state index contributed by atoms with van der Waals surface area (Å²) in [6.07, 6.45) is 3.57. The summed E-state index contributed by atoms with van der Waals surface area (Å²) in [5.74, 6) is 0.274. The number of aromatic nitrogens is 2. The van der Waals surface area contributed by atoms with Gasteiger partial charge in [0.25, 0.3) is 0 Å². The van der Waals surface area contributed by atoms with E-state index in [2.05, 4.69) is 33.7 Å². The zero-order valence-corrected chi connectivity index (χ0v) is 14.3. The molecule has 3 heterocycles. The third-order valence-corrected chi connectivity index (χ3v) is 5.45. The molecule has 3 rings (SSSR count). The quantitative estimate of drug-likeness (QED) is 0.867. The molecule has 1 aliphatic heterocycles. The summed E-state index contributed by atoms with van der Waals surface area (Å²) >= 11 is 1.71. The molecule has 4 nitrogen and oxygen atoms in total. The molecule has 0 aliphatic carbocycles. The third kappa shape index (κ3) is 2.82. The topological polar surface area (TPSA) is 38.1 Å². The molecule has 0 radical (unpaired) electrons. The summed E-state index contributed by atoms with van der Waals surface area (Å²) in [5, 5.41) is 8.70. The third-order valence-electron chi connectivity index (χ3n) is 4.75. The number of hydrogen-bond donors (Lipinski definition) is 0. The van der Waals surface area contributed by atoms with Gasteiger partial charge >= 0.3 is 0 Å². The number of carbonyl (C=O) groups excluding carboxylic acids is 1. The summed E-state index contributed by atoms with van der Waals surface area (Å²) < 4.78 is 1.90. The number of hydrogen-bond acceptors (Lipinski definition) is 3. The van der Waals surface area contributed by atoms with E-state index in [0.717, 1.165) is 31.5 Å². The minimum absolute atomic E-state index is 0.274. The predicted molar refractivity (Wildman–Crippen MR) is 89.0 cm³/mol. The maximum Gasteiger partial charge on any atom is 0.223 e. The van der Waals surface area contributed by atoms with Crippen molar-refractivity contribution in [2.75, 3.05) is 6.54 Å². The van der Waals surface area contributed by atoms with Gasteiger partial charge in [-0.3, -0.25) is 9.48 Å². The van der Waals surface area contributed by atoms with Crippen LogP contribution in [-0.2, 0) is 18.3 Å². The number of likely N-dealkylation sites (tertiary alicyclic amines) is 1. The summed E-state index contributed by atoms with van der Waals surface area (Å²) in [6, 6.07) is 2.44. The van der Waals surface area contributed by atoms with Crippen molar-refractivity contribution >= 4 is 17.2 Å². The Kier molecular flexibility index (Phi) is 4.34. The molecule has 5 heteroatoms. The molecule has 0 saturated carbocycles. The van der Waals surface area contributed by atoms with Crippen LogP contribution < -0.4 is 0 Å². The summed E-state index contributed by atoms with van der Waals surface area (Å²) in [4.78, 5) is 14.7. The van der Waals surface area contributed by atoms with E-state index in [1.54, 1.807) is 11.3 Å². The van der Waals surface area contributed by atoms with Gasteiger partial charge in [0.1, 0.15) is 0 Å². The van der Waals surface area contributed by atoms with Crippen molar-refractivity contribution in [3.05, 3.63) is 39.3 Å². The van der Waals surface area contributed by atoms with Gasteiger partial charge in [0.05, 0.1) is 11.7 Å². The lowest BCUT2D eigenvalue weighted by atomic mass is 10.1. The van der Waals surface area contributed by atoms with Crippen molar-refractivity contribution in [1.82, 2.24) is 14.7 Å². The van der Waals surface area contributed by atoms with Crippen LogP contribution in [0.5, 0.6) is 0 Å². The number of thiophene rings is 1. The normalized spacial score (nSPS) is 18.1. The highest BCUT2D eigenvalue weighted by molar-refractivity contribution is 7.07. The van der Waals surface area contributed by atoms with Crippen LogP contribution in [0.2, 0.25) is 0 Å². The molecule has 0 spiro atoms.